The van der Waals surface area contributed by atoms with Gasteiger partial charge < -0.3 is 19.9 Å². The van der Waals surface area contributed by atoms with Gasteiger partial charge in [0, 0.05) is 20.1 Å². The first-order valence-electron chi connectivity index (χ1n) is 10.1. The van der Waals surface area contributed by atoms with Gasteiger partial charge in [-0.2, -0.15) is 0 Å². The van der Waals surface area contributed by atoms with Gasteiger partial charge in [0.25, 0.3) is 0 Å². The molecular formula is C21H35IN6O. The summed E-state index contributed by atoms with van der Waals surface area (Å²) in [5.41, 5.74) is 1.34. The Kier molecular flexibility index (Phi) is 12.3. The first-order valence-corrected chi connectivity index (χ1v) is 10.1. The van der Waals surface area contributed by atoms with Crippen molar-refractivity contribution in [3.05, 3.63) is 41.5 Å². The van der Waals surface area contributed by atoms with Crippen molar-refractivity contribution < 1.29 is 4.74 Å². The van der Waals surface area contributed by atoms with Gasteiger partial charge >= 0.3 is 0 Å². The smallest absolute Gasteiger partial charge is 0.191 e. The highest BCUT2D eigenvalue weighted by molar-refractivity contribution is 14.0. The van der Waals surface area contributed by atoms with Crippen LogP contribution in [0.25, 0.3) is 0 Å². The molecule has 1 aromatic carbocycles. The van der Waals surface area contributed by atoms with Crippen molar-refractivity contribution in [1.29, 1.82) is 0 Å². The first-order chi connectivity index (χ1) is 13.6. The number of hydrogen-bond acceptors (Lipinski definition) is 4. The average Bonchev–Trinajstić information content (AvgIpc) is 3.04. The number of rotatable bonds is 11. The van der Waals surface area contributed by atoms with Crippen LogP contribution in [0.1, 0.15) is 49.8 Å². The molecule has 7 nitrogen and oxygen atoms in total. The summed E-state index contributed by atoms with van der Waals surface area (Å²) in [6, 6.07) is 8.30. The fourth-order valence-electron chi connectivity index (χ4n) is 2.75. The van der Waals surface area contributed by atoms with Crippen LogP contribution in [-0.4, -0.2) is 40.9 Å². The first kappa shape index (κ1) is 25.2. The Balaban J connectivity index is 0.00000420. The summed E-state index contributed by atoms with van der Waals surface area (Å²) in [7, 11) is 3.66. The van der Waals surface area contributed by atoms with Gasteiger partial charge in [-0.1, -0.05) is 25.5 Å². The minimum Gasteiger partial charge on any atom is -0.497 e. The highest BCUT2D eigenvalue weighted by Crippen LogP contribution is 2.13. The van der Waals surface area contributed by atoms with Gasteiger partial charge in [-0.25, -0.2) is 4.99 Å². The van der Waals surface area contributed by atoms with E-state index in [0.717, 1.165) is 68.6 Å². The summed E-state index contributed by atoms with van der Waals surface area (Å²) in [5.74, 6) is 3.52. The zero-order valence-electron chi connectivity index (χ0n) is 18.1. The summed E-state index contributed by atoms with van der Waals surface area (Å²) in [5, 5.41) is 15.1. The monoisotopic (exact) mass is 514 g/mol. The Labute approximate surface area is 191 Å². The Morgan fingerprint density at radius 1 is 1.07 bits per heavy atom. The van der Waals surface area contributed by atoms with Crippen molar-refractivity contribution in [3.63, 3.8) is 0 Å². The number of nitrogens with one attached hydrogen (secondary N) is 2. The van der Waals surface area contributed by atoms with Crippen molar-refractivity contribution >= 4 is 29.9 Å². The van der Waals surface area contributed by atoms with E-state index in [4.69, 9.17) is 4.74 Å². The second-order valence-corrected chi connectivity index (χ2v) is 6.90. The molecule has 0 atom stereocenters. The van der Waals surface area contributed by atoms with E-state index in [-0.39, 0.29) is 24.0 Å². The van der Waals surface area contributed by atoms with Crippen LogP contribution in [0, 0.1) is 6.92 Å². The molecule has 1 aromatic heterocycles. The van der Waals surface area contributed by atoms with Crippen molar-refractivity contribution in [2.75, 3.05) is 20.2 Å². The standard InChI is InChI=1S/C21H34N6O.HI/c1-5-6-14-22-21(24-16-20-26-25-17(2)27(20)3)23-15-8-7-9-18-10-12-19(28-4)13-11-18;/h10-13H,5-9,14-16H2,1-4H3,(H2,22,23,24);1H. The van der Waals surface area contributed by atoms with Gasteiger partial charge in [-0.3, -0.25) is 0 Å². The van der Waals surface area contributed by atoms with Crippen molar-refractivity contribution in [2.45, 2.75) is 52.5 Å². The lowest BCUT2D eigenvalue weighted by atomic mass is 10.1. The maximum Gasteiger partial charge on any atom is 0.191 e. The molecule has 0 radical (unpaired) electrons. The maximum absolute atomic E-state index is 5.20. The lowest BCUT2D eigenvalue weighted by molar-refractivity contribution is 0.414. The molecule has 0 fully saturated rings. The molecule has 0 bridgehead atoms. The van der Waals surface area contributed by atoms with Gasteiger partial charge in [0.1, 0.15) is 18.1 Å². The lowest BCUT2D eigenvalue weighted by Crippen LogP contribution is -2.38. The number of halogens is 1. The molecule has 2 aromatic rings. The largest absolute Gasteiger partial charge is 0.497 e. The van der Waals surface area contributed by atoms with Gasteiger partial charge in [0.2, 0.25) is 0 Å². The number of ether oxygens (including phenoxy) is 1. The number of aryl methyl sites for hydroxylation is 2. The molecule has 8 heteroatoms. The number of guanidine groups is 1. The molecule has 1 heterocycles. The van der Waals surface area contributed by atoms with Crippen LogP contribution in [0.5, 0.6) is 5.75 Å². The Morgan fingerprint density at radius 2 is 1.76 bits per heavy atom. The quantitative estimate of drug-likeness (QED) is 0.208. The second kappa shape index (κ2) is 14.2. The highest BCUT2D eigenvalue weighted by Gasteiger charge is 2.05. The zero-order valence-corrected chi connectivity index (χ0v) is 20.4. The average molecular weight is 514 g/mol. The molecule has 0 aliphatic rings. The fraction of sp³-hybridized carbons (Fsp3) is 0.571. The Morgan fingerprint density at radius 3 is 2.34 bits per heavy atom. The summed E-state index contributed by atoms with van der Waals surface area (Å²) >= 11 is 0. The van der Waals surface area contributed by atoms with Gasteiger partial charge in [0.15, 0.2) is 11.8 Å². The lowest BCUT2D eigenvalue weighted by Gasteiger charge is -2.12. The Bertz CT molecular complexity index is 729. The Hall–Kier alpha value is -1.84. The SMILES string of the molecule is CCCCNC(=NCc1nnc(C)n1C)NCCCCc1ccc(OC)cc1.I. The van der Waals surface area contributed by atoms with E-state index in [2.05, 4.69) is 44.9 Å². The summed E-state index contributed by atoms with van der Waals surface area (Å²) in [6.45, 7) is 6.47. The topological polar surface area (TPSA) is 76.4 Å². The predicted octanol–water partition coefficient (Wildman–Crippen LogP) is 3.61. The van der Waals surface area contributed by atoms with Crippen LogP contribution >= 0.6 is 24.0 Å². The zero-order chi connectivity index (χ0) is 20.2. The third-order valence-electron chi connectivity index (χ3n) is 4.73. The molecule has 0 amide bonds. The van der Waals surface area contributed by atoms with Gasteiger partial charge in [-0.15, -0.1) is 34.2 Å². The van der Waals surface area contributed by atoms with E-state index < -0.39 is 0 Å². The van der Waals surface area contributed by atoms with Crippen LogP contribution in [0.2, 0.25) is 0 Å². The molecule has 0 aliphatic carbocycles. The molecular weight excluding hydrogens is 479 g/mol. The van der Waals surface area contributed by atoms with Gasteiger partial charge in [0.05, 0.1) is 7.11 Å². The molecule has 0 unspecified atom stereocenters. The molecule has 0 saturated carbocycles. The molecule has 162 valence electrons. The van der Waals surface area contributed by atoms with Crippen LogP contribution < -0.4 is 15.4 Å². The molecule has 2 rings (SSSR count). The highest BCUT2D eigenvalue weighted by atomic mass is 127. The second-order valence-electron chi connectivity index (χ2n) is 6.90. The third-order valence-corrected chi connectivity index (χ3v) is 4.73. The summed E-state index contributed by atoms with van der Waals surface area (Å²) in [4.78, 5) is 4.67. The normalized spacial score (nSPS) is 11.1. The minimum atomic E-state index is 0. The predicted molar refractivity (Wildman–Crippen MR) is 129 cm³/mol. The number of benzene rings is 1. The number of aliphatic imine (C=N–C) groups is 1. The molecule has 0 aliphatic heterocycles. The third kappa shape index (κ3) is 9.01. The molecule has 0 spiro atoms. The number of unbranched alkanes of at least 4 members (excludes halogenated alkanes) is 2. The maximum atomic E-state index is 5.20. The number of aromatic nitrogens is 3. The molecule has 0 saturated heterocycles. The van der Waals surface area contributed by atoms with Crippen LogP contribution in [0.15, 0.2) is 29.3 Å². The molecule has 2 N–H and O–H groups in total. The number of methoxy groups -OCH3 is 1. The summed E-state index contributed by atoms with van der Waals surface area (Å²) in [6.07, 6.45) is 5.57. The van der Waals surface area contributed by atoms with Crippen molar-refractivity contribution in [2.24, 2.45) is 12.0 Å². The van der Waals surface area contributed by atoms with E-state index >= 15 is 0 Å². The van der Waals surface area contributed by atoms with E-state index in [1.807, 2.05) is 30.7 Å². The van der Waals surface area contributed by atoms with Crippen molar-refractivity contribution in [1.82, 2.24) is 25.4 Å². The fourth-order valence-corrected chi connectivity index (χ4v) is 2.75. The van der Waals surface area contributed by atoms with E-state index in [1.54, 1.807) is 7.11 Å². The van der Waals surface area contributed by atoms with E-state index in [9.17, 15) is 0 Å². The number of nitrogens with zero attached hydrogens (tertiary/aromatic N) is 4. The molecule has 29 heavy (non-hydrogen) atoms. The van der Waals surface area contributed by atoms with Crippen LogP contribution in [0.3, 0.4) is 0 Å². The van der Waals surface area contributed by atoms with Crippen LogP contribution in [-0.2, 0) is 20.0 Å². The summed E-state index contributed by atoms with van der Waals surface area (Å²) < 4.78 is 7.18. The van der Waals surface area contributed by atoms with Crippen LogP contribution in [0.4, 0.5) is 0 Å². The number of hydrogen-bond donors (Lipinski definition) is 2. The van der Waals surface area contributed by atoms with E-state index in [1.165, 1.54) is 5.56 Å². The minimum absolute atomic E-state index is 0. The van der Waals surface area contributed by atoms with Crippen molar-refractivity contribution in [3.8, 4) is 5.75 Å². The van der Waals surface area contributed by atoms with Gasteiger partial charge in [-0.05, 0) is 50.3 Å². The van der Waals surface area contributed by atoms with E-state index in [0.29, 0.717) is 6.54 Å².